The van der Waals surface area contributed by atoms with E-state index in [0.29, 0.717) is 11.4 Å². The van der Waals surface area contributed by atoms with Gasteiger partial charge in [0.1, 0.15) is 4.99 Å². The second-order valence-electron chi connectivity index (χ2n) is 4.49. The number of anilines is 1. The fourth-order valence-electron chi connectivity index (χ4n) is 1.91. The maximum atomic E-state index is 12.1. The number of carbonyl (C=O) groups excluding carboxylic acids is 1. The number of para-hydroxylation sites is 1. The first kappa shape index (κ1) is 15.5. The molecule has 0 bridgehead atoms. The van der Waals surface area contributed by atoms with E-state index in [9.17, 15) is 4.79 Å². The Bertz CT molecular complexity index is 654. The molecule has 3 N–H and O–H groups in total. The van der Waals surface area contributed by atoms with Gasteiger partial charge in [0.05, 0.1) is 12.1 Å². The molecule has 0 heterocycles. The van der Waals surface area contributed by atoms with Crippen molar-refractivity contribution in [1.29, 1.82) is 0 Å². The molecule has 2 rings (SSSR count). The number of amides is 1. The second kappa shape index (κ2) is 7.24. The minimum atomic E-state index is -0.0421. The van der Waals surface area contributed by atoms with Crippen LogP contribution in [0.4, 0.5) is 5.69 Å². The molecule has 0 saturated heterocycles. The Morgan fingerprint density at radius 2 is 1.86 bits per heavy atom. The van der Waals surface area contributed by atoms with Crippen molar-refractivity contribution in [2.75, 3.05) is 11.6 Å². The highest BCUT2D eigenvalue weighted by Gasteiger charge is 2.07. The van der Waals surface area contributed by atoms with Gasteiger partial charge in [-0.2, -0.15) is 0 Å². The van der Waals surface area contributed by atoms with Crippen molar-refractivity contribution < 1.29 is 4.79 Å². The van der Waals surface area contributed by atoms with Gasteiger partial charge in [0.15, 0.2) is 0 Å². The molecule has 5 heteroatoms. The van der Waals surface area contributed by atoms with E-state index >= 15 is 0 Å². The Morgan fingerprint density at radius 1 is 1.19 bits per heavy atom. The molecule has 0 aliphatic carbocycles. The standard InChI is InChI=1S/C16H16N2OS2/c1-21-14-5-3-2-4-13(14)18-15(19)10-11-6-8-12(9-7-11)16(17)20/h2-9H,10H2,1H3,(H2,17,20)(H,18,19). The largest absolute Gasteiger partial charge is 0.389 e. The highest BCUT2D eigenvalue weighted by molar-refractivity contribution is 7.98. The number of thiocarbonyl (C=S) groups is 1. The number of carbonyl (C=O) groups is 1. The third-order valence-electron chi connectivity index (χ3n) is 2.98. The average molecular weight is 316 g/mol. The Labute approximate surface area is 133 Å². The lowest BCUT2D eigenvalue weighted by atomic mass is 10.1. The first-order chi connectivity index (χ1) is 10.1. The molecule has 3 nitrogen and oxygen atoms in total. The maximum Gasteiger partial charge on any atom is 0.228 e. The lowest BCUT2D eigenvalue weighted by Crippen LogP contribution is -2.15. The van der Waals surface area contributed by atoms with E-state index in [-0.39, 0.29) is 5.91 Å². The van der Waals surface area contributed by atoms with E-state index in [2.05, 4.69) is 5.32 Å². The van der Waals surface area contributed by atoms with Crippen LogP contribution in [0, 0.1) is 0 Å². The summed E-state index contributed by atoms with van der Waals surface area (Å²) in [4.78, 5) is 13.5. The van der Waals surface area contributed by atoms with Crippen molar-refractivity contribution in [2.24, 2.45) is 5.73 Å². The fraction of sp³-hybridized carbons (Fsp3) is 0.125. The average Bonchev–Trinajstić information content (AvgIpc) is 2.48. The third kappa shape index (κ3) is 4.31. The molecule has 2 aromatic rings. The normalized spacial score (nSPS) is 10.1. The van der Waals surface area contributed by atoms with Crippen LogP contribution in [-0.4, -0.2) is 17.2 Å². The summed E-state index contributed by atoms with van der Waals surface area (Å²) in [7, 11) is 0. The minimum absolute atomic E-state index is 0.0421. The predicted octanol–water partition coefficient (Wildman–Crippen LogP) is 3.22. The number of nitrogens with two attached hydrogens (primary N) is 1. The molecular weight excluding hydrogens is 300 g/mol. The zero-order valence-electron chi connectivity index (χ0n) is 11.6. The monoisotopic (exact) mass is 316 g/mol. The Morgan fingerprint density at radius 3 is 2.48 bits per heavy atom. The summed E-state index contributed by atoms with van der Waals surface area (Å²) >= 11 is 6.51. The summed E-state index contributed by atoms with van der Waals surface area (Å²) in [5.41, 5.74) is 8.12. The van der Waals surface area contributed by atoms with Crippen LogP contribution < -0.4 is 11.1 Å². The molecule has 0 unspecified atom stereocenters. The summed E-state index contributed by atoms with van der Waals surface area (Å²) < 4.78 is 0. The SMILES string of the molecule is CSc1ccccc1NC(=O)Cc1ccc(C(N)=S)cc1. The number of rotatable bonds is 5. The molecule has 0 radical (unpaired) electrons. The lowest BCUT2D eigenvalue weighted by Gasteiger charge is -2.09. The first-order valence-electron chi connectivity index (χ1n) is 6.42. The molecule has 0 atom stereocenters. The summed E-state index contributed by atoms with van der Waals surface area (Å²) in [6, 6.07) is 15.2. The van der Waals surface area contributed by atoms with Gasteiger partial charge in [0, 0.05) is 10.5 Å². The van der Waals surface area contributed by atoms with E-state index in [1.165, 1.54) is 0 Å². The van der Waals surface area contributed by atoms with Gasteiger partial charge in [-0.05, 0) is 24.0 Å². The van der Waals surface area contributed by atoms with Gasteiger partial charge in [0.2, 0.25) is 5.91 Å². The number of hydrogen-bond donors (Lipinski definition) is 2. The zero-order chi connectivity index (χ0) is 15.2. The van der Waals surface area contributed by atoms with Crippen molar-refractivity contribution in [3.8, 4) is 0 Å². The maximum absolute atomic E-state index is 12.1. The van der Waals surface area contributed by atoms with Gasteiger partial charge >= 0.3 is 0 Å². The summed E-state index contributed by atoms with van der Waals surface area (Å²) in [6.45, 7) is 0. The van der Waals surface area contributed by atoms with Crippen molar-refractivity contribution >= 4 is 40.6 Å². The van der Waals surface area contributed by atoms with Crippen LogP contribution in [0.3, 0.4) is 0 Å². The topological polar surface area (TPSA) is 55.1 Å². The Kier molecular flexibility index (Phi) is 5.36. The van der Waals surface area contributed by atoms with E-state index in [1.54, 1.807) is 11.8 Å². The molecule has 21 heavy (non-hydrogen) atoms. The molecular formula is C16H16N2OS2. The van der Waals surface area contributed by atoms with Crippen LogP contribution in [0.25, 0.3) is 0 Å². The van der Waals surface area contributed by atoms with Crippen LogP contribution in [0.15, 0.2) is 53.4 Å². The zero-order valence-corrected chi connectivity index (χ0v) is 13.3. The summed E-state index contributed by atoms with van der Waals surface area (Å²) in [5, 5.41) is 2.94. The van der Waals surface area contributed by atoms with Crippen molar-refractivity contribution in [1.82, 2.24) is 0 Å². The summed E-state index contributed by atoms with van der Waals surface area (Å²) in [6.07, 6.45) is 2.31. The number of benzene rings is 2. The molecule has 108 valence electrons. The highest BCUT2D eigenvalue weighted by atomic mass is 32.2. The van der Waals surface area contributed by atoms with E-state index in [0.717, 1.165) is 21.7 Å². The van der Waals surface area contributed by atoms with E-state index in [1.807, 2.05) is 54.8 Å². The molecule has 0 fully saturated rings. The van der Waals surface area contributed by atoms with E-state index < -0.39 is 0 Å². The first-order valence-corrected chi connectivity index (χ1v) is 8.05. The molecule has 0 saturated carbocycles. The van der Waals surface area contributed by atoms with Crippen molar-refractivity contribution in [2.45, 2.75) is 11.3 Å². The smallest absolute Gasteiger partial charge is 0.228 e. The van der Waals surface area contributed by atoms with Crippen LogP contribution >= 0.6 is 24.0 Å². The molecule has 0 spiro atoms. The highest BCUT2D eigenvalue weighted by Crippen LogP contribution is 2.24. The number of hydrogen-bond acceptors (Lipinski definition) is 3. The van der Waals surface area contributed by atoms with Gasteiger partial charge in [-0.3, -0.25) is 4.79 Å². The Hall–Kier alpha value is -1.85. The lowest BCUT2D eigenvalue weighted by molar-refractivity contribution is -0.115. The van der Waals surface area contributed by atoms with Gasteiger partial charge in [-0.25, -0.2) is 0 Å². The van der Waals surface area contributed by atoms with Crippen molar-refractivity contribution in [3.63, 3.8) is 0 Å². The molecule has 0 aliphatic rings. The van der Waals surface area contributed by atoms with Crippen LogP contribution in [0.5, 0.6) is 0 Å². The van der Waals surface area contributed by atoms with Gasteiger partial charge in [-0.15, -0.1) is 11.8 Å². The van der Waals surface area contributed by atoms with Crippen LogP contribution in [0.1, 0.15) is 11.1 Å². The van der Waals surface area contributed by atoms with Gasteiger partial charge in [-0.1, -0.05) is 48.6 Å². The molecule has 2 aromatic carbocycles. The van der Waals surface area contributed by atoms with Crippen LogP contribution in [0.2, 0.25) is 0 Å². The van der Waals surface area contributed by atoms with Crippen LogP contribution in [-0.2, 0) is 11.2 Å². The third-order valence-corrected chi connectivity index (χ3v) is 4.02. The fourth-order valence-corrected chi connectivity index (χ4v) is 2.60. The molecule has 1 amide bonds. The number of nitrogens with one attached hydrogen (secondary N) is 1. The summed E-state index contributed by atoms with van der Waals surface area (Å²) in [5.74, 6) is -0.0421. The molecule has 0 aromatic heterocycles. The second-order valence-corrected chi connectivity index (χ2v) is 5.77. The molecule has 0 aliphatic heterocycles. The van der Waals surface area contributed by atoms with Gasteiger partial charge in [0.25, 0.3) is 0 Å². The predicted molar refractivity (Wildman–Crippen MR) is 92.9 cm³/mol. The van der Waals surface area contributed by atoms with Gasteiger partial charge < -0.3 is 11.1 Å². The minimum Gasteiger partial charge on any atom is -0.389 e. The van der Waals surface area contributed by atoms with E-state index in [4.69, 9.17) is 18.0 Å². The van der Waals surface area contributed by atoms with Crippen molar-refractivity contribution in [3.05, 3.63) is 59.7 Å². The Balaban J connectivity index is 2.03. The quantitative estimate of drug-likeness (QED) is 0.657. The number of thioether (sulfide) groups is 1.